The SMILES string of the molecule is Cc1cc(N)ccc1C(=O)N1CCOCC1C. The van der Waals surface area contributed by atoms with Gasteiger partial charge in [-0.2, -0.15) is 0 Å². The fourth-order valence-electron chi connectivity index (χ4n) is 2.11. The van der Waals surface area contributed by atoms with Gasteiger partial charge in [-0.25, -0.2) is 0 Å². The van der Waals surface area contributed by atoms with Crippen LogP contribution in [0, 0.1) is 6.92 Å². The Morgan fingerprint density at radius 3 is 2.94 bits per heavy atom. The first-order valence-corrected chi connectivity index (χ1v) is 5.84. The van der Waals surface area contributed by atoms with Crippen LogP contribution in [0.4, 0.5) is 5.69 Å². The van der Waals surface area contributed by atoms with Crippen molar-refractivity contribution in [3.63, 3.8) is 0 Å². The van der Waals surface area contributed by atoms with Crippen LogP contribution in [-0.2, 0) is 4.74 Å². The zero-order chi connectivity index (χ0) is 12.4. The number of ether oxygens (including phenoxy) is 1. The van der Waals surface area contributed by atoms with Gasteiger partial charge < -0.3 is 15.4 Å². The molecule has 0 radical (unpaired) electrons. The van der Waals surface area contributed by atoms with Crippen molar-refractivity contribution in [2.45, 2.75) is 19.9 Å². The number of amides is 1. The minimum atomic E-state index is 0.0679. The van der Waals surface area contributed by atoms with E-state index >= 15 is 0 Å². The maximum absolute atomic E-state index is 12.4. The molecule has 0 spiro atoms. The molecule has 92 valence electrons. The summed E-state index contributed by atoms with van der Waals surface area (Å²) >= 11 is 0. The summed E-state index contributed by atoms with van der Waals surface area (Å²) in [5, 5.41) is 0. The topological polar surface area (TPSA) is 55.6 Å². The zero-order valence-electron chi connectivity index (χ0n) is 10.3. The molecular weight excluding hydrogens is 216 g/mol. The van der Waals surface area contributed by atoms with Crippen molar-refractivity contribution in [3.8, 4) is 0 Å². The van der Waals surface area contributed by atoms with Crippen LogP contribution in [0.2, 0.25) is 0 Å². The lowest BCUT2D eigenvalue weighted by atomic mass is 10.1. The van der Waals surface area contributed by atoms with E-state index in [1.807, 2.05) is 24.8 Å². The summed E-state index contributed by atoms with van der Waals surface area (Å²) in [4.78, 5) is 14.2. The van der Waals surface area contributed by atoms with E-state index < -0.39 is 0 Å². The molecule has 1 unspecified atom stereocenters. The Morgan fingerprint density at radius 1 is 1.53 bits per heavy atom. The number of hydrogen-bond acceptors (Lipinski definition) is 3. The molecule has 2 N–H and O–H groups in total. The number of nitrogen functional groups attached to an aromatic ring is 1. The highest BCUT2D eigenvalue weighted by Gasteiger charge is 2.25. The maximum atomic E-state index is 12.4. The van der Waals surface area contributed by atoms with Gasteiger partial charge in [0.25, 0.3) is 5.91 Å². The molecule has 4 heteroatoms. The van der Waals surface area contributed by atoms with E-state index in [1.54, 1.807) is 12.1 Å². The molecule has 1 atom stereocenters. The lowest BCUT2D eigenvalue weighted by Gasteiger charge is -2.33. The average molecular weight is 234 g/mol. The van der Waals surface area contributed by atoms with Crippen LogP contribution in [0.3, 0.4) is 0 Å². The summed E-state index contributed by atoms with van der Waals surface area (Å²) in [5.74, 6) is 0.0679. The second kappa shape index (κ2) is 4.75. The molecule has 0 saturated carbocycles. The van der Waals surface area contributed by atoms with Crippen molar-refractivity contribution < 1.29 is 9.53 Å². The van der Waals surface area contributed by atoms with Crippen LogP contribution in [0.25, 0.3) is 0 Å². The highest BCUT2D eigenvalue weighted by atomic mass is 16.5. The average Bonchev–Trinajstić information content (AvgIpc) is 2.29. The van der Waals surface area contributed by atoms with Gasteiger partial charge in [-0.05, 0) is 37.6 Å². The molecule has 1 saturated heterocycles. The van der Waals surface area contributed by atoms with Crippen LogP contribution in [-0.4, -0.2) is 36.6 Å². The molecular formula is C13H18N2O2. The Balaban J connectivity index is 2.24. The molecule has 0 aromatic heterocycles. The van der Waals surface area contributed by atoms with E-state index in [1.165, 1.54) is 0 Å². The van der Waals surface area contributed by atoms with E-state index in [4.69, 9.17) is 10.5 Å². The number of carbonyl (C=O) groups excluding carboxylic acids is 1. The predicted molar refractivity (Wildman–Crippen MR) is 66.9 cm³/mol. The minimum Gasteiger partial charge on any atom is -0.399 e. The summed E-state index contributed by atoms with van der Waals surface area (Å²) in [5.41, 5.74) is 8.03. The molecule has 17 heavy (non-hydrogen) atoms. The van der Waals surface area contributed by atoms with Gasteiger partial charge in [0.15, 0.2) is 0 Å². The second-order valence-corrected chi connectivity index (χ2v) is 4.50. The van der Waals surface area contributed by atoms with Gasteiger partial charge in [0.2, 0.25) is 0 Å². The van der Waals surface area contributed by atoms with Crippen LogP contribution in [0.1, 0.15) is 22.8 Å². The third-order valence-corrected chi connectivity index (χ3v) is 3.11. The molecule has 1 fully saturated rings. The largest absolute Gasteiger partial charge is 0.399 e. The minimum absolute atomic E-state index is 0.0679. The fraction of sp³-hybridized carbons (Fsp3) is 0.462. The van der Waals surface area contributed by atoms with Crippen LogP contribution >= 0.6 is 0 Å². The van der Waals surface area contributed by atoms with Gasteiger partial charge in [0, 0.05) is 17.8 Å². The number of hydrogen-bond donors (Lipinski definition) is 1. The molecule has 1 amide bonds. The van der Waals surface area contributed by atoms with Crippen molar-refractivity contribution in [1.29, 1.82) is 0 Å². The Hall–Kier alpha value is -1.55. The van der Waals surface area contributed by atoms with Gasteiger partial charge in [0.1, 0.15) is 0 Å². The van der Waals surface area contributed by atoms with Gasteiger partial charge in [-0.3, -0.25) is 4.79 Å². The smallest absolute Gasteiger partial charge is 0.254 e. The number of morpholine rings is 1. The standard InChI is InChI=1S/C13H18N2O2/c1-9-7-11(14)3-4-12(9)13(16)15-5-6-17-8-10(15)2/h3-4,7,10H,5-6,8,14H2,1-2H3. The van der Waals surface area contributed by atoms with E-state index in [0.717, 1.165) is 11.1 Å². The molecule has 2 rings (SSSR count). The Bertz CT molecular complexity index is 431. The molecule has 0 aliphatic carbocycles. The van der Waals surface area contributed by atoms with Gasteiger partial charge in [0.05, 0.1) is 19.3 Å². The second-order valence-electron chi connectivity index (χ2n) is 4.50. The van der Waals surface area contributed by atoms with Crippen molar-refractivity contribution in [2.24, 2.45) is 0 Å². The van der Waals surface area contributed by atoms with Crippen molar-refractivity contribution >= 4 is 11.6 Å². The number of carbonyl (C=O) groups is 1. The molecule has 1 aliphatic rings. The number of anilines is 1. The number of aryl methyl sites for hydroxylation is 1. The Morgan fingerprint density at radius 2 is 2.29 bits per heavy atom. The summed E-state index contributed by atoms with van der Waals surface area (Å²) in [6.45, 7) is 5.80. The summed E-state index contributed by atoms with van der Waals surface area (Å²) < 4.78 is 5.33. The van der Waals surface area contributed by atoms with Crippen LogP contribution < -0.4 is 5.73 Å². The van der Waals surface area contributed by atoms with E-state index in [9.17, 15) is 4.79 Å². The van der Waals surface area contributed by atoms with Gasteiger partial charge >= 0.3 is 0 Å². The van der Waals surface area contributed by atoms with Gasteiger partial charge in [-0.1, -0.05) is 0 Å². The molecule has 4 nitrogen and oxygen atoms in total. The highest BCUT2D eigenvalue weighted by Crippen LogP contribution is 2.17. The Kier molecular flexibility index (Phi) is 3.33. The monoisotopic (exact) mass is 234 g/mol. The highest BCUT2D eigenvalue weighted by molar-refractivity contribution is 5.96. The molecule has 1 aliphatic heterocycles. The van der Waals surface area contributed by atoms with E-state index in [-0.39, 0.29) is 11.9 Å². The van der Waals surface area contributed by atoms with E-state index in [0.29, 0.717) is 25.4 Å². The van der Waals surface area contributed by atoms with Crippen molar-refractivity contribution in [2.75, 3.05) is 25.5 Å². The quantitative estimate of drug-likeness (QED) is 0.748. The normalized spacial score (nSPS) is 20.4. The molecule has 1 aromatic carbocycles. The lowest BCUT2D eigenvalue weighted by Crippen LogP contribution is -2.47. The van der Waals surface area contributed by atoms with Gasteiger partial charge in [-0.15, -0.1) is 0 Å². The van der Waals surface area contributed by atoms with Crippen molar-refractivity contribution in [3.05, 3.63) is 29.3 Å². The first-order chi connectivity index (χ1) is 8.09. The molecule has 1 aromatic rings. The fourth-order valence-corrected chi connectivity index (χ4v) is 2.11. The zero-order valence-corrected chi connectivity index (χ0v) is 10.3. The number of nitrogens with zero attached hydrogens (tertiary/aromatic N) is 1. The Labute approximate surface area is 101 Å². The van der Waals surface area contributed by atoms with Crippen molar-refractivity contribution in [1.82, 2.24) is 4.90 Å². The third-order valence-electron chi connectivity index (χ3n) is 3.11. The first-order valence-electron chi connectivity index (χ1n) is 5.84. The third kappa shape index (κ3) is 2.42. The van der Waals surface area contributed by atoms with Crippen LogP contribution in [0.5, 0.6) is 0 Å². The molecule has 1 heterocycles. The molecule has 0 bridgehead atoms. The van der Waals surface area contributed by atoms with Crippen LogP contribution in [0.15, 0.2) is 18.2 Å². The lowest BCUT2D eigenvalue weighted by molar-refractivity contribution is 0.00355. The summed E-state index contributed by atoms with van der Waals surface area (Å²) in [6.07, 6.45) is 0. The maximum Gasteiger partial charge on any atom is 0.254 e. The van der Waals surface area contributed by atoms with E-state index in [2.05, 4.69) is 0 Å². The predicted octanol–water partition coefficient (Wildman–Crippen LogP) is 1.44. The number of rotatable bonds is 1. The first kappa shape index (κ1) is 11.9. The summed E-state index contributed by atoms with van der Waals surface area (Å²) in [6, 6.07) is 5.53. The number of benzene rings is 1. The summed E-state index contributed by atoms with van der Waals surface area (Å²) in [7, 11) is 0. The number of nitrogens with two attached hydrogens (primary N) is 1.